The first-order valence-corrected chi connectivity index (χ1v) is 6.52. The van der Waals surface area contributed by atoms with Crippen LogP contribution in [-0.2, 0) is 11.3 Å². The molecular formula is C14H18N2O2. The van der Waals surface area contributed by atoms with Crippen molar-refractivity contribution in [1.29, 1.82) is 0 Å². The Morgan fingerprint density at radius 2 is 2.11 bits per heavy atom. The quantitative estimate of drug-likeness (QED) is 0.560. The molecule has 0 aliphatic heterocycles. The third kappa shape index (κ3) is 1.92. The number of anilines is 1. The molecule has 3 rings (SSSR count). The van der Waals surface area contributed by atoms with E-state index in [2.05, 4.69) is 5.32 Å². The number of amides is 1. The molecule has 4 nitrogen and oxygen atoms in total. The molecule has 2 fully saturated rings. The number of aromatic hydroxyl groups is 1. The average molecular weight is 246 g/mol. The lowest BCUT2D eigenvalue weighted by Gasteiger charge is -2.09. The monoisotopic (exact) mass is 246 g/mol. The van der Waals surface area contributed by atoms with Gasteiger partial charge in [-0.05, 0) is 42.9 Å². The van der Waals surface area contributed by atoms with Gasteiger partial charge in [0.2, 0.25) is 5.91 Å². The van der Waals surface area contributed by atoms with Crippen molar-refractivity contribution < 1.29 is 9.90 Å². The molecule has 0 aromatic heterocycles. The van der Waals surface area contributed by atoms with Gasteiger partial charge in [0.1, 0.15) is 5.75 Å². The summed E-state index contributed by atoms with van der Waals surface area (Å²) in [5.74, 6) is 1.79. The molecule has 1 aromatic rings. The summed E-state index contributed by atoms with van der Waals surface area (Å²) in [5, 5.41) is 12.6. The number of hydrogen-bond acceptors (Lipinski definition) is 3. The molecule has 0 bridgehead atoms. The Kier molecular flexibility index (Phi) is 2.65. The van der Waals surface area contributed by atoms with Crippen molar-refractivity contribution in [3.63, 3.8) is 0 Å². The molecule has 0 radical (unpaired) electrons. The lowest BCUT2D eigenvalue weighted by atomic mass is 10.1. The van der Waals surface area contributed by atoms with Crippen LogP contribution in [0.3, 0.4) is 0 Å². The summed E-state index contributed by atoms with van der Waals surface area (Å²) in [5.41, 5.74) is 6.93. The highest BCUT2D eigenvalue weighted by molar-refractivity contribution is 5.82. The van der Waals surface area contributed by atoms with E-state index in [-0.39, 0.29) is 17.6 Å². The normalized spacial score (nSPS) is 28.8. The Bertz CT molecular complexity index is 477. The van der Waals surface area contributed by atoms with Crippen molar-refractivity contribution in [3.05, 3.63) is 23.8 Å². The summed E-state index contributed by atoms with van der Waals surface area (Å²) < 4.78 is 0. The average Bonchev–Trinajstić information content (AvgIpc) is 2.84. The number of hydrogen-bond donors (Lipinski definition) is 3. The van der Waals surface area contributed by atoms with Gasteiger partial charge in [-0.1, -0.05) is 6.42 Å². The molecule has 0 heterocycles. The van der Waals surface area contributed by atoms with Gasteiger partial charge >= 0.3 is 0 Å². The molecular weight excluding hydrogens is 228 g/mol. The molecule has 1 amide bonds. The molecule has 1 aromatic carbocycles. The third-order valence-corrected chi connectivity index (χ3v) is 4.27. The SMILES string of the molecule is Nc1ccc(O)c(CNC(=O)C2C3CCCC32)c1. The van der Waals surface area contributed by atoms with E-state index in [0.29, 0.717) is 29.6 Å². The minimum atomic E-state index is 0.131. The Balaban J connectivity index is 1.58. The molecule has 2 saturated carbocycles. The number of fused-ring (bicyclic) bond motifs is 1. The van der Waals surface area contributed by atoms with Crippen molar-refractivity contribution in [2.75, 3.05) is 5.73 Å². The fraction of sp³-hybridized carbons (Fsp3) is 0.500. The second-order valence-corrected chi connectivity index (χ2v) is 5.39. The van der Waals surface area contributed by atoms with Gasteiger partial charge in [-0.2, -0.15) is 0 Å². The van der Waals surface area contributed by atoms with Gasteiger partial charge in [0, 0.05) is 23.7 Å². The number of nitrogen functional groups attached to an aromatic ring is 1. The van der Waals surface area contributed by atoms with Crippen LogP contribution in [0.5, 0.6) is 5.75 Å². The fourth-order valence-electron chi connectivity index (χ4n) is 3.26. The van der Waals surface area contributed by atoms with Gasteiger partial charge in [-0.15, -0.1) is 0 Å². The van der Waals surface area contributed by atoms with Crippen molar-refractivity contribution in [2.45, 2.75) is 25.8 Å². The zero-order valence-corrected chi connectivity index (χ0v) is 10.2. The molecule has 18 heavy (non-hydrogen) atoms. The molecule has 4 N–H and O–H groups in total. The second-order valence-electron chi connectivity index (χ2n) is 5.39. The zero-order valence-electron chi connectivity index (χ0n) is 10.2. The maximum Gasteiger partial charge on any atom is 0.223 e. The van der Waals surface area contributed by atoms with E-state index in [1.165, 1.54) is 19.3 Å². The zero-order chi connectivity index (χ0) is 12.7. The number of phenols is 1. The number of nitrogens with one attached hydrogen (secondary N) is 1. The summed E-state index contributed by atoms with van der Waals surface area (Å²) in [7, 11) is 0. The molecule has 4 heteroatoms. The van der Waals surface area contributed by atoms with Crippen LogP contribution in [0.1, 0.15) is 24.8 Å². The predicted molar refractivity (Wildman–Crippen MR) is 68.7 cm³/mol. The minimum absolute atomic E-state index is 0.131. The predicted octanol–water partition coefficient (Wildman–Crippen LogP) is 1.64. The fourth-order valence-corrected chi connectivity index (χ4v) is 3.26. The second kappa shape index (κ2) is 4.19. The first-order chi connectivity index (χ1) is 8.66. The lowest BCUT2D eigenvalue weighted by molar-refractivity contribution is -0.123. The van der Waals surface area contributed by atoms with E-state index in [4.69, 9.17) is 5.73 Å². The van der Waals surface area contributed by atoms with E-state index in [1.807, 2.05) is 0 Å². The number of nitrogens with two attached hydrogens (primary N) is 1. The highest BCUT2D eigenvalue weighted by atomic mass is 16.3. The molecule has 96 valence electrons. The van der Waals surface area contributed by atoms with Crippen molar-refractivity contribution in [1.82, 2.24) is 5.32 Å². The lowest BCUT2D eigenvalue weighted by Crippen LogP contribution is -2.26. The number of carbonyl (C=O) groups excluding carboxylic acids is 1. The summed E-state index contributed by atoms with van der Waals surface area (Å²) >= 11 is 0. The molecule has 0 saturated heterocycles. The molecule has 2 aliphatic carbocycles. The standard InChI is InChI=1S/C14H18N2O2/c15-9-4-5-12(17)8(6-9)7-16-14(18)13-10-2-1-3-11(10)13/h4-6,10-11,13,17H,1-3,7,15H2,(H,16,18). The van der Waals surface area contributed by atoms with Crippen LogP contribution >= 0.6 is 0 Å². The van der Waals surface area contributed by atoms with E-state index in [0.717, 1.165) is 0 Å². The third-order valence-electron chi connectivity index (χ3n) is 4.27. The summed E-state index contributed by atoms with van der Waals surface area (Å²) in [6.07, 6.45) is 3.67. The topological polar surface area (TPSA) is 75.3 Å². The summed E-state index contributed by atoms with van der Waals surface area (Å²) in [4.78, 5) is 12.0. The van der Waals surface area contributed by atoms with Gasteiger partial charge in [-0.25, -0.2) is 0 Å². The van der Waals surface area contributed by atoms with Crippen molar-refractivity contribution in [3.8, 4) is 5.75 Å². The van der Waals surface area contributed by atoms with Gasteiger partial charge in [0.05, 0.1) is 0 Å². The Labute approximate surface area is 106 Å². The van der Waals surface area contributed by atoms with Gasteiger partial charge in [-0.3, -0.25) is 4.79 Å². The first-order valence-electron chi connectivity index (χ1n) is 6.52. The van der Waals surface area contributed by atoms with Crippen LogP contribution < -0.4 is 11.1 Å². The van der Waals surface area contributed by atoms with Gasteiger partial charge in [0.15, 0.2) is 0 Å². The van der Waals surface area contributed by atoms with Crippen LogP contribution in [0.15, 0.2) is 18.2 Å². The van der Waals surface area contributed by atoms with Crippen LogP contribution in [-0.4, -0.2) is 11.0 Å². The highest BCUT2D eigenvalue weighted by Crippen LogP contribution is 2.57. The largest absolute Gasteiger partial charge is 0.508 e. The van der Waals surface area contributed by atoms with Crippen molar-refractivity contribution >= 4 is 11.6 Å². The Morgan fingerprint density at radius 1 is 1.39 bits per heavy atom. The molecule has 0 spiro atoms. The van der Waals surface area contributed by atoms with E-state index >= 15 is 0 Å². The smallest absolute Gasteiger partial charge is 0.223 e. The van der Waals surface area contributed by atoms with Gasteiger partial charge < -0.3 is 16.2 Å². The summed E-state index contributed by atoms with van der Waals surface area (Å²) in [6.45, 7) is 0.353. The van der Waals surface area contributed by atoms with E-state index < -0.39 is 0 Å². The Hall–Kier alpha value is -1.71. The van der Waals surface area contributed by atoms with Crippen LogP contribution in [0.2, 0.25) is 0 Å². The minimum Gasteiger partial charge on any atom is -0.508 e. The van der Waals surface area contributed by atoms with Gasteiger partial charge in [0.25, 0.3) is 0 Å². The Morgan fingerprint density at radius 3 is 2.83 bits per heavy atom. The highest BCUT2D eigenvalue weighted by Gasteiger charge is 2.56. The van der Waals surface area contributed by atoms with Crippen LogP contribution in [0.4, 0.5) is 5.69 Å². The van der Waals surface area contributed by atoms with Crippen LogP contribution in [0.25, 0.3) is 0 Å². The number of rotatable bonds is 3. The maximum absolute atomic E-state index is 12.0. The molecule has 2 aliphatic rings. The number of carbonyl (C=O) groups is 1. The first kappa shape index (κ1) is 11.4. The number of phenolic OH excluding ortho intramolecular Hbond substituents is 1. The van der Waals surface area contributed by atoms with E-state index in [9.17, 15) is 9.90 Å². The molecule has 2 atom stereocenters. The van der Waals surface area contributed by atoms with E-state index in [1.54, 1.807) is 18.2 Å². The molecule has 2 unspecified atom stereocenters. The van der Waals surface area contributed by atoms with Crippen molar-refractivity contribution in [2.24, 2.45) is 17.8 Å². The van der Waals surface area contributed by atoms with Crippen LogP contribution in [0, 0.1) is 17.8 Å². The summed E-state index contributed by atoms with van der Waals surface area (Å²) in [6, 6.07) is 4.90. The number of benzene rings is 1. The maximum atomic E-state index is 12.0.